The van der Waals surface area contributed by atoms with Crippen LogP contribution in [0.1, 0.15) is 297 Å². The first-order valence-corrected chi connectivity index (χ1v) is 28.6. The summed E-state index contributed by atoms with van der Waals surface area (Å²) in [4.78, 5) is 38.1. The topological polar surface area (TPSA) is 78.9 Å². The second-order valence-corrected chi connectivity index (χ2v) is 19.2. The van der Waals surface area contributed by atoms with E-state index in [1.165, 1.54) is 161 Å². The van der Waals surface area contributed by atoms with Crippen LogP contribution in [0.2, 0.25) is 0 Å². The van der Waals surface area contributed by atoms with Gasteiger partial charge >= 0.3 is 17.9 Å². The van der Waals surface area contributed by atoms with E-state index in [1.807, 2.05) is 0 Å². The highest BCUT2D eigenvalue weighted by Gasteiger charge is 2.19. The summed E-state index contributed by atoms with van der Waals surface area (Å²) in [6.07, 6.45) is 66.8. The first-order valence-electron chi connectivity index (χ1n) is 28.6. The summed E-state index contributed by atoms with van der Waals surface area (Å²) in [6, 6.07) is 0. The fraction of sp³-hybridized carbons (Fsp3) is 0.817. The average Bonchev–Trinajstić information content (AvgIpc) is 3.31. The van der Waals surface area contributed by atoms with E-state index in [0.717, 1.165) is 96.3 Å². The largest absolute Gasteiger partial charge is 0.462 e. The van der Waals surface area contributed by atoms with Crippen LogP contribution >= 0.6 is 0 Å². The molecule has 0 aliphatic carbocycles. The molecular formula is C60H108O6. The minimum Gasteiger partial charge on any atom is -0.462 e. The van der Waals surface area contributed by atoms with Crippen LogP contribution in [0.3, 0.4) is 0 Å². The summed E-state index contributed by atoms with van der Waals surface area (Å²) in [7, 11) is 0. The quantitative estimate of drug-likeness (QED) is 0.0262. The number of ether oxygens (including phenoxy) is 3. The number of carbonyl (C=O) groups is 3. The molecule has 0 saturated heterocycles. The number of allylic oxidation sites excluding steroid dienone is 8. The molecule has 0 aliphatic heterocycles. The van der Waals surface area contributed by atoms with Crippen molar-refractivity contribution in [3.05, 3.63) is 48.6 Å². The Morgan fingerprint density at radius 1 is 0.318 bits per heavy atom. The lowest BCUT2D eigenvalue weighted by atomic mass is 10.0. The molecule has 0 aromatic carbocycles. The van der Waals surface area contributed by atoms with Crippen molar-refractivity contribution >= 4 is 17.9 Å². The van der Waals surface area contributed by atoms with Gasteiger partial charge in [0.05, 0.1) is 0 Å². The van der Waals surface area contributed by atoms with Crippen LogP contribution in [0.5, 0.6) is 0 Å². The Hall–Kier alpha value is -2.63. The second-order valence-electron chi connectivity index (χ2n) is 19.2. The van der Waals surface area contributed by atoms with Gasteiger partial charge < -0.3 is 14.2 Å². The maximum absolute atomic E-state index is 12.8. The molecule has 1 atom stereocenters. The minimum absolute atomic E-state index is 0.0781. The van der Waals surface area contributed by atoms with Gasteiger partial charge in [-0.25, -0.2) is 0 Å². The zero-order valence-corrected chi connectivity index (χ0v) is 44.0. The molecule has 0 aromatic heterocycles. The van der Waals surface area contributed by atoms with Crippen molar-refractivity contribution in [1.82, 2.24) is 0 Å². The number of carbonyl (C=O) groups excluding carboxylic acids is 3. The van der Waals surface area contributed by atoms with Crippen molar-refractivity contribution in [2.24, 2.45) is 0 Å². The first kappa shape index (κ1) is 63.4. The maximum Gasteiger partial charge on any atom is 0.306 e. The lowest BCUT2D eigenvalue weighted by molar-refractivity contribution is -0.167. The summed E-state index contributed by atoms with van der Waals surface area (Å²) in [5, 5.41) is 0. The van der Waals surface area contributed by atoms with Gasteiger partial charge in [-0.3, -0.25) is 14.4 Å². The third-order valence-corrected chi connectivity index (χ3v) is 12.6. The Labute approximate surface area is 409 Å². The van der Waals surface area contributed by atoms with E-state index in [9.17, 15) is 14.4 Å². The van der Waals surface area contributed by atoms with Gasteiger partial charge in [0.1, 0.15) is 13.2 Å². The molecular weight excluding hydrogens is 817 g/mol. The van der Waals surface area contributed by atoms with Gasteiger partial charge in [0.2, 0.25) is 0 Å². The van der Waals surface area contributed by atoms with E-state index in [1.54, 1.807) is 0 Å². The van der Waals surface area contributed by atoms with Crippen LogP contribution in [0.25, 0.3) is 0 Å². The fourth-order valence-electron chi connectivity index (χ4n) is 8.28. The highest BCUT2D eigenvalue weighted by Crippen LogP contribution is 2.16. The Balaban J connectivity index is 4.33. The van der Waals surface area contributed by atoms with Gasteiger partial charge in [0.15, 0.2) is 6.10 Å². The molecule has 0 aliphatic rings. The van der Waals surface area contributed by atoms with Crippen molar-refractivity contribution in [2.75, 3.05) is 13.2 Å². The van der Waals surface area contributed by atoms with Crippen LogP contribution in [-0.4, -0.2) is 37.2 Å². The molecule has 0 amide bonds. The van der Waals surface area contributed by atoms with Crippen LogP contribution in [0, 0.1) is 0 Å². The molecule has 6 nitrogen and oxygen atoms in total. The molecule has 0 saturated carbocycles. The van der Waals surface area contributed by atoms with E-state index in [2.05, 4.69) is 69.4 Å². The zero-order chi connectivity index (χ0) is 47.9. The number of unbranched alkanes of at least 4 members (excludes halogenated alkanes) is 33. The molecule has 0 aromatic rings. The van der Waals surface area contributed by atoms with Crippen molar-refractivity contribution in [1.29, 1.82) is 0 Å². The highest BCUT2D eigenvalue weighted by atomic mass is 16.6. The van der Waals surface area contributed by atoms with Gasteiger partial charge in [-0.05, 0) is 77.0 Å². The number of rotatable bonds is 52. The molecule has 6 heteroatoms. The molecule has 0 radical (unpaired) electrons. The van der Waals surface area contributed by atoms with Crippen molar-refractivity contribution in [3.63, 3.8) is 0 Å². The summed E-state index contributed by atoms with van der Waals surface area (Å²) >= 11 is 0. The monoisotopic (exact) mass is 925 g/mol. The molecule has 0 spiro atoms. The number of hydrogen-bond acceptors (Lipinski definition) is 6. The van der Waals surface area contributed by atoms with Crippen molar-refractivity contribution in [3.8, 4) is 0 Å². The van der Waals surface area contributed by atoms with Gasteiger partial charge in [0, 0.05) is 19.3 Å². The molecule has 0 bridgehead atoms. The van der Waals surface area contributed by atoms with E-state index in [-0.39, 0.29) is 31.1 Å². The van der Waals surface area contributed by atoms with Gasteiger partial charge in [0.25, 0.3) is 0 Å². The smallest absolute Gasteiger partial charge is 0.306 e. The molecule has 0 heterocycles. The van der Waals surface area contributed by atoms with E-state index >= 15 is 0 Å². The molecule has 1 unspecified atom stereocenters. The van der Waals surface area contributed by atoms with Crippen molar-refractivity contribution in [2.45, 2.75) is 303 Å². The fourth-order valence-corrected chi connectivity index (χ4v) is 8.28. The van der Waals surface area contributed by atoms with Crippen LogP contribution in [0.15, 0.2) is 48.6 Å². The van der Waals surface area contributed by atoms with Crippen molar-refractivity contribution < 1.29 is 28.6 Å². The third kappa shape index (κ3) is 52.3. The molecule has 0 rings (SSSR count). The standard InChI is InChI=1S/C60H108O6/c1-4-7-10-13-16-19-22-25-27-29-30-32-33-35-38-41-44-47-50-53-59(62)65-56-57(55-64-58(61)52-49-46-43-40-37-24-21-18-15-12-9-6-3)66-60(63)54-51-48-45-42-39-36-34-31-28-26-23-20-17-14-11-8-5-2/h9,12,17-18,20-21,26,28,57H,4-8,10-11,13-16,19,22-25,27,29-56H2,1-3H3/b12-9-,20-17-,21-18-,28-26-. The van der Waals surface area contributed by atoms with E-state index < -0.39 is 6.10 Å². The summed E-state index contributed by atoms with van der Waals surface area (Å²) in [6.45, 7) is 6.52. The van der Waals surface area contributed by atoms with E-state index in [0.29, 0.717) is 19.3 Å². The minimum atomic E-state index is -0.781. The molecule has 0 fully saturated rings. The lowest BCUT2D eigenvalue weighted by Crippen LogP contribution is -2.30. The van der Waals surface area contributed by atoms with Crippen LogP contribution in [-0.2, 0) is 28.6 Å². The third-order valence-electron chi connectivity index (χ3n) is 12.6. The SMILES string of the molecule is CC/C=C\C/C=C\CCCCCCCC(=O)OCC(COC(=O)CCCCCCCCCCCCCCCCCCCCC)OC(=O)CCCCCCCCC/C=C\C/C=C\CCCCC. The summed E-state index contributed by atoms with van der Waals surface area (Å²) in [5.74, 6) is -0.888. The van der Waals surface area contributed by atoms with Gasteiger partial charge in [-0.15, -0.1) is 0 Å². The Kier molecular flexibility index (Phi) is 52.8. The first-order chi connectivity index (χ1) is 32.5. The summed E-state index contributed by atoms with van der Waals surface area (Å²) in [5.41, 5.74) is 0. The Bertz CT molecular complexity index is 1150. The normalized spacial score (nSPS) is 12.3. The lowest BCUT2D eigenvalue weighted by Gasteiger charge is -2.18. The van der Waals surface area contributed by atoms with Gasteiger partial charge in [-0.2, -0.15) is 0 Å². The Morgan fingerprint density at radius 3 is 0.939 bits per heavy atom. The summed E-state index contributed by atoms with van der Waals surface area (Å²) < 4.78 is 16.8. The maximum atomic E-state index is 12.8. The number of hydrogen-bond donors (Lipinski definition) is 0. The molecule has 0 N–H and O–H groups in total. The van der Waals surface area contributed by atoms with Crippen LogP contribution < -0.4 is 0 Å². The predicted octanol–water partition coefficient (Wildman–Crippen LogP) is 19.0. The zero-order valence-electron chi connectivity index (χ0n) is 44.0. The van der Waals surface area contributed by atoms with E-state index in [4.69, 9.17) is 14.2 Å². The highest BCUT2D eigenvalue weighted by molar-refractivity contribution is 5.71. The Morgan fingerprint density at radius 2 is 0.591 bits per heavy atom. The molecule has 384 valence electrons. The second kappa shape index (κ2) is 55.0. The number of esters is 3. The molecule has 66 heavy (non-hydrogen) atoms. The van der Waals surface area contributed by atoms with Gasteiger partial charge in [-0.1, -0.05) is 249 Å². The predicted molar refractivity (Wildman–Crippen MR) is 284 cm³/mol. The average molecular weight is 926 g/mol. The van der Waals surface area contributed by atoms with Crippen LogP contribution in [0.4, 0.5) is 0 Å².